The number of nitro groups is 1. The zero-order valence-electron chi connectivity index (χ0n) is 10.1. The minimum Gasteiger partial charge on any atom is -0.259 e. The molecule has 98 valence electrons. The molecule has 0 radical (unpaired) electrons. The standard InChI is InChI=1S/C11H12FNO5/c1-11(2,3)7-4-5-8(10(14)17-18-12)9(6-7)13(15)16/h4-6H,1-3H3. The van der Waals surface area contributed by atoms with Gasteiger partial charge in [0, 0.05) is 11.2 Å². The molecule has 0 aliphatic heterocycles. The fourth-order valence-corrected chi connectivity index (χ4v) is 1.40. The Labute approximate surface area is 102 Å². The summed E-state index contributed by atoms with van der Waals surface area (Å²) >= 11 is 0. The highest BCUT2D eigenvalue weighted by Gasteiger charge is 2.26. The number of carbonyl (C=O) groups excluding carboxylic acids is 1. The Hall–Kier alpha value is -2.02. The molecule has 0 bridgehead atoms. The van der Waals surface area contributed by atoms with E-state index in [4.69, 9.17) is 0 Å². The van der Waals surface area contributed by atoms with Gasteiger partial charge in [-0.15, -0.1) is 0 Å². The van der Waals surface area contributed by atoms with Crippen LogP contribution in [0.25, 0.3) is 0 Å². The third-order valence-electron chi connectivity index (χ3n) is 2.39. The van der Waals surface area contributed by atoms with Gasteiger partial charge in [0.25, 0.3) is 5.69 Å². The second kappa shape index (κ2) is 5.09. The van der Waals surface area contributed by atoms with E-state index in [1.54, 1.807) is 6.07 Å². The summed E-state index contributed by atoms with van der Waals surface area (Å²) in [5.74, 6) is -1.26. The summed E-state index contributed by atoms with van der Waals surface area (Å²) in [6.45, 7) is 5.61. The highest BCUT2D eigenvalue weighted by molar-refractivity contribution is 5.93. The monoisotopic (exact) mass is 257 g/mol. The molecule has 0 aromatic heterocycles. The topological polar surface area (TPSA) is 78.7 Å². The highest BCUT2D eigenvalue weighted by Crippen LogP contribution is 2.28. The number of hydrogen-bond donors (Lipinski definition) is 0. The van der Waals surface area contributed by atoms with E-state index in [-0.39, 0.29) is 11.0 Å². The molecule has 6 nitrogen and oxygen atoms in total. The molecule has 1 aromatic carbocycles. The maximum atomic E-state index is 11.4. The van der Waals surface area contributed by atoms with E-state index in [2.05, 4.69) is 9.98 Å². The summed E-state index contributed by atoms with van der Waals surface area (Å²) in [6, 6.07) is 4.01. The molecule has 0 amide bonds. The molecule has 18 heavy (non-hydrogen) atoms. The lowest BCUT2D eigenvalue weighted by atomic mass is 9.86. The third-order valence-corrected chi connectivity index (χ3v) is 2.39. The lowest BCUT2D eigenvalue weighted by molar-refractivity contribution is -0.393. The van der Waals surface area contributed by atoms with E-state index in [1.807, 2.05) is 20.8 Å². The first-order valence-corrected chi connectivity index (χ1v) is 5.06. The molecule has 0 unspecified atom stereocenters. The lowest BCUT2D eigenvalue weighted by Gasteiger charge is -2.18. The number of benzene rings is 1. The molecule has 1 rings (SSSR count). The van der Waals surface area contributed by atoms with E-state index in [0.29, 0.717) is 5.56 Å². The summed E-state index contributed by atoms with van der Waals surface area (Å²) in [4.78, 5) is 25.0. The number of rotatable bonds is 3. The number of halogens is 1. The predicted octanol–water partition coefficient (Wildman–Crippen LogP) is 2.87. The van der Waals surface area contributed by atoms with Gasteiger partial charge in [0.15, 0.2) is 0 Å². The van der Waals surface area contributed by atoms with Gasteiger partial charge in [-0.1, -0.05) is 26.8 Å². The number of nitro benzene ring substituents is 1. The zero-order valence-corrected chi connectivity index (χ0v) is 10.1. The van der Waals surface area contributed by atoms with E-state index in [9.17, 15) is 19.4 Å². The summed E-state index contributed by atoms with van der Waals surface area (Å²) in [7, 11) is 0. The van der Waals surface area contributed by atoms with Crippen molar-refractivity contribution < 1.29 is 24.2 Å². The van der Waals surface area contributed by atoms with Gasteiger partial charge in [-0.2, -0.15) is 0 Å². The van der Waals surface area contributed by atoms with Crippen LogP contribution in [0.15, 0.2) is 18.2 Å². The molecular formula is C11H12FNO5. The molecule has 0 heterocycles. The van der Waals surface area contributed by atoms with Gasteiger partial charge in [-0.25, -0.2) is 4.79 Å². The minimum atomic E-state index is -1.26. The van der Waals surface area contributed by atoms with Crippen LogP contribution in [-0.2, 0) is 15.4 Å². The first kappa shape index (κ1) is 14.0. The van der Waals surface area contributed by atoms with Crippen molar-refractivity contribution in [3.05, 3.63) is 39.4 Å². The molecule has 0 spiro atoms. The molecular weight excluding hydrogens is 245 g/mol. The molecule has 0 N–H and O–H groups in total. The van der Waals surface area contributed by atoms with Crippen LogP contribution in [-0.4, -0.2) is 10.9 Å². The number of nitrogens with zero attached hydrogens (tertiary/aromatic N) is 1. The van der Waals surface area contributed by atoms with E-state index in [0.717, 1.165) is 0 Å². The average Bonchev–Trinajstić information content (AvgIpc) is 2.27. The Balaban J connectivity index is 3.30. The van der Waals surface area contributed by atoms with Crippen molar-refractivity contribution in [3.8, 4) is 0 Å². The quantitative estimate of drug-likeness (QED) is 0.472. The molecule has 0 aliphatic carbocycles. The molecule has 7 heteroatoms. The minimum absolute atomic E-state index is 0.316. The van der Waals surface area contributed by atoms with Gasteiger partial charge >= 0.3 is 5.97 Å². The van der Waals surface area contributed by atoms with Crippen LogP contribution in [0.4, 0.5) is 10.2 Å². The van der Waals surface area contributed by atoms with Crippen LogP contribution in [0.3, 0.4) is 0 Å². The van der Waals surface area contributed by atoms with Crippen LogP contribution in [0.1, 0.15) is 36.7 Å². The molecule has 0 aliphatic rings. The second-order valence-corrected chi connectivity index (χ2v) is 4.67. The Morgan fingerprint density at radius 1 is 1.39 bits per heavy atom. The van der Waals surface area contributed by atoms with Crippen LogP contribution >= 0.6 is 0 Å². The fourth-order valence-electron chi connectivity index (χ4n) is 1.40. The fraction of sp³-hybridized carbons (Fsp3) is 0.364. The normalized spacial score (nSPS) is 11.1. The lowest BCUT2D eigenvalue weighted by Crippen LogP contribution is -2.13. The highest BCUT2D eigenvalue weighted by atomic mass is 19.3. The van der Waals surface area contributed by atoms with Gasteiger partial charge < -0.3 is 0 Å². The first-order valence-electron chi connectivity index (χ1n) is 5.06. The van der Waals surface area contributed by atoms with Crippen molar-refractivity contribution in [1.82, 2.24) is 0 Å². The zero-order chi connectivity index (χ0) is 13.9. The van der Waals surface area contributed by atoms with Crippen molar-refractivity contribution in [2.75, 3.05) is 0 Å². The molecule has 1 aromatic rings. The first-order chi connectivity index (χ1) is 8.27. The van der Waals surface area contributed by atoms with Crippen LogP contribution in [0, 0.1) is 10.1 Å². The number of carbonyl (C=O) groups is 1. The van der Waals surface area contributed by atoms with Crippen molar-refractivity contribution in [2.24, 2.45) is 0 Å². The van der Waals surface area contributed by atoms with E-state index in [1.165, 1.54) is 12.1 Å². The maximum absolute atomic E-state index is 11.4. The largest absolute Gasteiger partial charge is 0.383 e. The molecule has 0 fully saturated rings. The Morgan fingerprint density at radius 2 is 2.00 bits per heavy atom. The second-order valence-electron chi connectivity index (χ2n) is 4.67. The average molecular weight is 257 g/mol. The van der Waals surface area contributed by atoms with Crippen LogP contribution in [0.2, 0.25) is 0 Å². The van der Waals surface area contributed by atoms with Crippen molar-refractivity contribution in [2.45, 2.75) is 26.2 Å². The Bertz CT molecular complexity index is 481. The predicted molar refractivity (Wildman–Crippen MR) is 59.4 cm³/mol. The van der Waals surface area contributed by atoms with Crippen LogP contribution < -0.4 is 0 Å². The van der Waals surface area contributed by atoms with Crippen molar-refractivity contribution >= 4 is 11.7 Å². The van der Waals surface area contributed by atoms with Gasteiger partial charge in [-0.05, 0) is 21.6 Å². The van der Waals surface area contributed by atoms with E-state index < -0.39 is 16.6 Å². The van der Waals surface area contributed by atoms with Gasteiger partial charge in [0.2, 0.25) is 0 Å². The molecule has 0 saturated carbocycles. The summed E-state index contributed by atoms with van der Waals surface area (Å²) in [6.07, 6.45) is 0. The third kappa shape index (κ3) is 3.01. The van der Waals surface area contributed by atoms with E-state index >= 15 is 0 Å². The van der Waals surface area contributed by atoms with Crippen LogP contribution in [0.5, 0.6) is 0 Å². The maximum Gasteiger partial charge on any atom is 0.383 e. The molecule has 0 saturated heterocycles. The van der Waals surface area contributed by atoms with Gasteiger partial charge in [0.1, 0.15) is 5.56 Å². The van der Waals surface area contributed by atoms with Crippen molar-refractivity contribution in [1.29, 1.82) is 0 Å². The summed E-state index contributed by atoms with van der Waals surface area (Å²) in [5, 5.41) is 13.6. The van der Waals surface area contributed by atoms with Crippen molar-refractivity contribution in [3.63, 3.8) is 0 Å². The van der Waals surface area contributed by atoms with Gasteiger partial charge in [0.05, 0.1) is 4.92 Å². The SMILES string of the molecule is CC(C)(C)c1ccc(C(=O)OOF)c([N+](=O)[O-])c1. The number of hydrogen-bond acceptors (Lipinski definition) is 5. The molecule has 0 atom stereocenters. The smallest absolute Gasteiger partial charge is 0.259 e. The van der Waals surface area contributed by atoms with Gasteiger partial charge in [-0.3, -0.25) is 15.0 Å². The Morgan fingerprint density at radius 3 is 2.44 bits per heavy atom. The summed E-state index contributed by atoms with van der Waals surface area (Å²) in [5.41, 5.74) is -0.467. The summed E-state index contributed by atoms with van der Waals surface area (Å²) < 4.78 is 11.4. The Kier molecular flexibility index (Phi) is 3.97.